The van der Waals surface area contributed by atoms with E-state index >= 15 is 0 Å². The van der Waals surface area contributed by atoms with Crippen molar-refractivity contribution in [1.82, 2.24) is 9.80 Å². The van der Waals surface area contributed by atoms with Crippen LogP contribution in [0, 0.1) is 0 Å². The minimum absolute atomic E-state index is 0.0957. The van der Waals surface area contributed by atoms with Crippen molar-refractivity contribution in [1.29, 1.82) is 0 Å². The van der Waals surface area contributed by atoms with Gasteiger partial charge in [0.2, 0.25) is 5.91 Å². The predicted molar refractivity (Wildman–Crippen MR) is 170 cm³/mol. The Hall–Kier alpha value is -1.55. The van der Waals surface area contributed by atoms with Gasteiger partial charge in [0.1, 0.15) is 0 Å². The van der Waals surface area contributed by atoms with Crippen molar-refractivity contribution in [2.75, 3.05) is 20.1 Å². The van der Waals surface area contributed by atoms with E-state index in [2.05, 4.69) is 56.9 Å². The number of carbonyl (C=O) groups excluding carboxylic acids is 1. The van der Waals surface area contributed by atoms with Gasteiger partial charge < -0.3 is 4.90 Å². The van der Waals surface area contributed by atoms with Crippen molar-refractivity contribution >= 4 is 29.1 Å². The first kappa shape index (κ1) is 33.7. The zero-order chi connectivity index (χ0) is 28.6. The third-order valence-corrected chi connectivity index (χ3v) is 8.61. The monoisotopic (exact) mass is 574 g/mol. The molecule has 2 aliphatic rings. The second-order valence-electron chi connectivity index (χ2n) is 11.0. The van der Waals surface area contributed by atoms with Gasteiger partial charge in [0.25, 0.3) is 0 Å². The number of hydrogen-bond acceptors (Lipinski definition) is 2. The highest BCUT2D eigenvalue weighted by atomic mass is 35.5. The number of benzene rings is 2. The fraction of sp³-hybridized carbons (Fsp3) is 0.618. The largest absolute Gasteiger partial charge is 0.337 e. The zero-order valence-electron chi connectivity index (χ0n) is 25.2. The molecule has 0 unspecified atom stereocenters. The summed E-state index contributed by atoms with van der Waals surface area (Å²) in [7, 11) is 1.95. The first-order chi connectivity index (χ1) is 18.9. The minimum atomic E-state index is 0.0957. The molecule has 2 atom stereocenters. The summed E-state index contributed by atoms with van der Waals surface area (Å²) in [5.74, 6) is 0.115. The zero-order valence-corrected chi connectivity index (χ0v) is 26.7. The molecular weight excluding hydrogens is 523 g/mol. The third-order valence-electron chi connectivity index (χ3n) is 7.87. The summed E-state index contributed by atoms with van der Waals surface area (Å²) < 4.78 is 0. The molecule has 0 aromatic heterocycles. The van der Waals surface area contributed by atoms with Crippen molar-refractivity contribution in [2.24, 2.45) is 0 Å². The lowest BCUT2D eigenvalue weighted by Gasteiger charge is -2.43. The topological polar surface area (TPSA) is 23.6 Å². The highest BCUT2D eigenvalue weighted by Crippen LogP contribution is 2.38. The third kappa shape index (κ3) is 10.7. The van der Waals surface area contributed by atoms with Gasteiger partial charge in [-0.05, 0) is 67.6 Å². The van der Waals surface area contributed by atoms with E-state index in [-0.39, 0.29) is 11.9 Å². The van der Waals surface area contributed by atoms with Crippen LogP contribution in [-0.4, -0.2) is 41.9 Å². The molecule has 4 rings (SSSR count). The van der Waals surface area contributed by atoms with Crippen molar-refractivity contribution in [3.8, 4) is 0 Å². The molecule has 3 nitrogen and oxygen atoms in total. The van der Waals surface area contributed by atoms with Gasteiger partial charge in [-0.3, -0.25) is 9.69 Å². The molecular formula is C34H52Cl2N2O. The lowest BCUT2D eigenvalue weighted by Crippen LogP contribution is -2.48. The van der Waals surface area contributed by atoms with Crippen LogP contribution in [0.1, 0.15) is 115 Å². The molecule has 218 valence electrons. The number of likely N-dealkylation sites (tertiary alicyclic amines) is 1. The lowest BCUT2D eigenvalue weighted by atomic mass is 9.82. The van der Waals surface area contributed by atoms with Gasteiger partial charge in [-0.15, -0.1) is 0 Å². The number of nitrogens with zero attached hydrogens (tertiary/aromatic N) is 2. The fourth-order valence-electron chi connectivity index (χ4n) is 5.60. The average Bonchev–Trinajstić information content (AvgIpc) is 3.49. The maximum atomic E-state index is 13.2. The quantitative estimate of drug-likeness (QED) is 0.278. The Morgan fingerprint density at radius 3 is 2.05 bits per heavy atom. The smallest absolute Gasteiger partial charge is 0.227 e. The lowest BCUT2D eigenvalue weighted by molar-refractivity contribution is -0.133. The maximum absolute atomic E-state index is 13.2. The van der Waals surface area contributed by atoms with Crippen LogP contribution in [0.2, 0.25) is 10.0 Å². The van der Waals surface area contributed by atoms with Gasteiger partial charge in [-0.1, -0.05) is 126 Å². The second-order valence-corrected chi connectivity index (χ2v) is 11.8. The van der Waals surface area contributed by atoms with Crippen LogP contribution in [0.5, 0.6) is 0 Å². The first-order valence-electron chi connectivity index (χ1n) is 15.4. The maximum Gasteiger partial charge on any atom is 0.227 e. The van der Waals surface area contributed by atoms with E-state index in [0.29, 0.717) is 22.5 Å². The Morgan fingerprint density at radius 1 is 0.872 bits per heavy atom. The van der Waals surface area contributed by atoms with Crippen LogP contribution < -0.4 is 0 Å². The number of hydrogen-bond donors (Lipinski definition) is 0. The number of amides is 1. The van der Waals surface area contributed by atoms with E-state index in [9.17, 15) is 4.79 Å². The van der Waals surface area contributed by atoms with Crippen molar-refractivity contribution in [3.63, 3.8) is 0 Å². The van der Waals surface area contributed by atoms with Crippen LogP contribution in [0.25, 0.3) is 0 Å². The Kier molecular flexibility index (Phi) is 16.2. The first-order valence-corrected chi connectivity index (χ1v) is 16.1. The van der Waals surface area contributed by atoms with Gasteiger partial charge in [0.05, 0.1) is 22.5 Å². The number of likely N-dealkylation sites (N-methyl/N-ethyl adjacent to an activating group) is 1. The van der Waals surface area contributed by atoms with E-state index in [4.69, 9.17) is 23.2 Å². The predicted octanol–water partition coefficient (Wildman–Crippen LogP) is 9.93. The van der Waals surface area contributed by atoms with E-state index in [1.165, 1.54) is 68.9 Å². The number of unbranched alkanes of at least 4 members (excludes halogenated alkanes) is 5. The molecule has 0 saturated carbocycles. The molecule has 1 aliphatic carbocycles. The van der Waals surface area contributed by atoms with Crippen molar-refractivity contribution in [3.05, 3.63) is 69.2 Å². The molecule has 0 spiro atoms. The van der Waals surface area contributed by atoms with E-state index < -0.39 is 0 Å². The summed E-state index contributed by atoms with van der Waals surface area (Å²) in [6.07, 6.45) is 14.6. The summed E-state index contributed by atoms with van der Waals surface area (Å²) in [6, 6.07) is 14.5. The molecule has 0 radical (unpaired) electrons. The Balaban J connectivity index is 0.000000412. The normalized spacial score (nSPS) is 18.3. The van der Waals surface area contributed by atoms with Crippen LogP contribution in [0.15, 0.2) is 42.5 Å². The minimum Gasteiger partial charge on any atom is -0.337 e. The van der Waals surface area contributed by atoms with Crippen LogP contribution in [0.4, 0.5) is 0 Å². The van der Waals surface area contributed by atoms with Gasteiger partial charge in [0.15, 0.2) is 0 Å². The standard InChI is InChI=1S/C23H26Cl2N2O.C6H14.C5H12/c1-26(22(28)15-16-8-10-19(24)20(25)14-16)23-18-7-3-2-6-17(18)9-11-21(23)27-12-4-5-13-27;1-3-5-6-4-2;1-3-5-4-2/h2-3,6-8,10,14,21,23H,4-5,9,11-13,15H2,1H3;3-6H2,1-2H3;3-5H2,1-2H3/t21-,23-;;/m0../s1. The van der Waals surface area contributed by atoms with E-state index in [0.717, 1.165) is 31.5 Å². The van der Waals surface area contributed by atoms with Gasteiger partial charge in [-0.25, -0.2) is 0 Å². The average molecular weight is 576 g/mol. The Labute approximate surface area is 249 Å². The number of carbonyl (C=O) groups is 1. The van der Waals surface area contributed by atoms with Gasteiger partial charge in [-0.2, -0.15) is 0 Å². The summed E-state index contributed by atoms with van der Waals surface area (Å²) in [5, 5.41) is 1.01. The summed E-state index contributed by atoms with van der Waals surface area (Å²) in [4.78, 5) is 17.8. The summed E-state index contributed by atoms with van der Waals surface area (Å²) >= 11 is 12.2. The summed E-state index contributed by atoms with van der Waals surface area (Å²) in [5.41, 5.74) is 3.57. The molecule has 39 heavy (non-hydrogen) atoms. The van der Waals surface area contributed by atoms with Crippen molar-refractivity contribution < 1.29 is 4.79 Å². The number of aryl methyl sites for hydroxylation is 1. The molecule has 5 heteroatoms. The van der Waals surface area contributed by atoms with Crippen LogP contribution in [0.3, 0.4) is 0 Å². The van der Waals surface area contributed by atoms with E-state index in [1.54, 1.807) is 12.1 Å². The molecule has 2 aromatic rings. The molecule has 0 N–H and O–H groups in total. The highest BCUT2D eigenvalue weighted by Gasteiger charge is 2.38. The van der Waals surface area contributed by atoms with Crippen LogP contribution in [-0.2, 0) is 17.6 Å². The highest BCUT2D eigenvalue weighted by molar-refractivity contribution is 6.42. The molecule has 1 heterocycles. The van der Waals surface area contributed by atoms with E-state index in [1.807, 2.05) is 18.0 Å². The fourth-order valence-corrected chi connectivity index (χ4v) is 5.92. The van der Waals surface area contributed by atoms with Crippen LogP contribution >= 0.6 is 23.2 Å². The Bertz CT molecular complexity index is 967. The Morgan fingerprint density at radius 2 is 1.49 bits per heavy atom. The number of fused-ring (bicyclic) bond motifs is 1. The molecule has 1 aliphatic heterocycles. The SMILES string of the molecule is CCCCC.CCCCCC.CN(C(=O)Cc1ccc(Cl)c(Cl)c1)[C@H]1c2ccccc2CC[C@@H]1N1CCCC1. The number of rotatable bonds is 9. The molecule has 2 aromatic carbocycles. The van der Waals surface area contributed by atoms with Gasteiger partial charge >= 0.3 is 0 Å². The number of halogens is 2. The molecule has 1 amide bonds. The molecule has 0 bridgehead atoms. The molecule has 1 saturated heterocycles. The second kappa shape index (κ2) is 18.7. The summed E-state index contributed by atoms with van der Waals surface area (Å²) in [6.45, 7) is 11.2. The molecule has 1 fully saturated rings. The van der Waals surface area contributed by atoms with Crippen molar-refractivity contribution in [2.45, 2.75) is 117 Å². The van der Waals surface area contributed by atoms with Gasteiger partial charge in [0, 0.05) is 13.1 Å².